The first-order chi connectivity index (χ1) is 5.06. The Morgan fingerprint density at radius 1 is 1.55 bits per heavy atom. The summed E-state index contributed by atoms with van der Waals surface area (Å²) in [6, 6.07) is 0. The van der Waals surface area contributed by atoms with Crippen molar-refractivity contribution in [2.45, 2.75) is 25.9 Å². The van der Waals surface area contributed by atoms with Crippen molar-refractivity contribution in [3.63, 3.8) is 0 Å². The number of nitrogens with two attached hydrogens (primary N) is 1. The summed E-state index contributed by atoms with van der Waals surface area (Å²) in [4.78, 5) is 0. The molecule has 3 heteroatoms. The summed E-state index contributed by atoms with van der Waals surface area (Å²) in [6.45, 7) is 4.79. The summed E-state index contributed by atoms with van der Waals surface area (Å²) in [7, 11) is 1.59. The summed E-state index contributed by atoms with van der Waals surface area (Å²) < 4.78 is 4.92. The fraction of sp³-hybridized carbons (Fsp3) is 1.00. The average Bonchev–Trinajstić information content (AvgIpc) is 1.88. The molecule has 0 aliphatic heterocycles. The van der Waals surface area contributed by atoms with Crippen LogP contribution in [-0.2, 0) is 4.74 Å². The van der Waals surface area contributed by atoms with Crippen molar-refractivity contribution in [1.29, 1.82) is 0 Å². The van der Waals surface area contributed by atoms with Gasteiger partial charge in [-0.1, -0.05) is 13.8 Å². The number of hydrogen-bond donors (Lipinski definition) is 2. The predicted molar refractivity (Wildman–Crippen MR) is 45.3 cm³/mol. The molecule has 0 rings (SSSR count). The molecule has 68 valence electrons. The number of hydrogen-bond acceptors (Lipinski definition) is 3. The van der Waals surface area contributed by atoms with Crippen LogP contribution in [0.25, 0.3) is 0 Å². The Hall–Kier alpha value is -0.120. The lowest BCUT2D eigenvalue weighted by Gasteiger charge is -2.30. The van der Waals surface area contributed by atoms with Gasteiger partial charge >= 0.3 is 0 Å². The predicted octanol–water partition coefficient (Wildman–Crippen LogP) is 0.369. The molecule has 0 aliphatic carbocycles. The highest BCUT2D eigenvalue weighted by molar-refractivity contribution is 4.81. The molecule has 0 aliphatic rings. The largest absolute Gasteiger partial charge is 0.387 e. The molecule has 0 aromatic heterocycles. The van der Waals surface area contributed by atoms with Crippen LogP contribution < -0.4 is 5.73 Å². The van der Waals surface area contributed by atoms with Crippen LogP contribution in [0.15, 0.2) is 0 Å². The van der Waals surface area contributed by atoms with Crippen molar-refractivity contribution in [2.24, 2.45) is 11.7 Å². The molecule has 0 spiro atoms. The molecule has 0 saturated heterocycles. The molecule has 0 heterocycles. The number of methoxy groups -OCH3 is 1. The fourth-order valence-electron chi connectivity index (χ4n) is 1.03. The third kappa shape index (κ3) is 3.18. The number of ether oxygens (including phenoxy) is 1. The number of rotatable bonds is 5. The minimum atomic E-state index is -0.747. The summed E-state index contributed by atoms with van der Waals surface area (Å²) in [5.41, 5.74) is 4.62. The Balaban J connectivity index is 4.01. The quantitative estimate of drug-likeness (QED) is 0.612. The maximum Gasteiger partial charge on any atom is 0.0914 e. The first-order valence-corrected chi connectivity index (χ1v) is 3.98. The van der Waals surface area contributed by atoms with Gasteiger partial charge in [0, 0.05) is 7.11 Å². The van der Waals surface area contributed by atoms with Crippen LogP contribution in [-0.4, -0.2) is 31.0 Å². The molecule has 0 saturated carbocycles. The van der Waals surface area contributed by atoms with Gasteiger partial charge in [-0.15, -0.1) is 0 Å². The Morgan fingerprint density at radius 2 is 2.09 bits per heavy atom. The van der Waals surface area contributed by atoms with Gasteiger partial charge in [0.25, 0.3) is 0 Å². The van der Waals surface area contributed by atoms with Crippen LogP contribution in [0.1, 0.15) is 20.3 Å². The molecule has 3 nitrogen and oxygen atoms in total. The van der Waals surface area contributed by atoms with Crippen molar-refractivity contribution >= 4 is 0 Å². The second-order valence-electron chi connectivity index (χ2n) is 3.23. The molecule has 0 fully saturated rings. The van der Waals surface area contributed by atoms with Gasteiger partial charge in [0.1, 0.15) is 0 Å². The van der Waals surface area contributed by atoms with E-state index < -0.39 is 5.60 Å². The van der Waals surface area contributed by atoms with E-state index in [-0.39, 0.29) is 5.92 Å². The highest BCUT2D eigenvalue weighted by atomic mass is 16.5. The summed E-state index contributed by atoms with van der Waals surface area (Å²) in [5.74, 6) is 0.186. The average molecular weight is 161 g/mol. The van der Waals surface area contributed by atoms with Gasteiger partial charge in [-0.25, -0.2) is 0 Å². The zero-order valence-corrected chi connectivity index (χ0v) is 7.63. The van der Waals surface area contributed by atoms with Crippen molar-refractivity contribution in [3.05, 3.63) is 0 Å². The van der Waals surface area contributed by atoms with Crippen LogP contribution in [0.3, 0.4) is 0 Å². The molecule has 0 radical (unpaired) electrons. The first-order valence-electron chi connectivity index (χ1n) is 3.98. The van der Waals surface area contributed by atoms with E-state index in [1.807, 2.05) is 13.8 Å². The van der Waals surface area contributed by atoms with Crippen LogP contribution in [0, 0.1) is 5.92 Å². The second-order valence-corrected chi connectivity index (χ2v) is 3.23. The molecule has 0 aromatic carbocycles. The molecule has 0 amide bonds. The van der Waals surface area contributed by atoms with Crippen LogP contribution in [0.4, 0.5) is 0 Å². The molecular formula is C8H19NO2. The third-order valence-corrected chi connectivity index (χ3v) is 2.05. The Morgan fingerprint density at radius 3 is 2.36 bits per heavy atom. The molecular weight excluding hydrogens is 142 g/mol. The standard InChI is InChI=1S/C8H19NO2/c1-7(2)8(10,4-5-9)6-11-3/h7,10H,4-6,9H2,1-3H3. The Labute approximate surface area is 68.5 Å². The van der Waals surface area contributed by atoms with E-state index >= 15 is 0 Å². The van der Waals surface area contributed by atoms with Crippen molar-refractivity contribution in [2.75, 3.05) is 20.3 Å². The van der Waals surface area contributed by atoms with Gasteiger partial charge in [0.2, 0.25) is 0 Å². The highest BCUT2D eigenvalue weighted by Crippen LogP contribution is 2.20. The first kappa shape index (κ1) is 10.9. The monoisotopic (exact) mass is 161 g/mol. The zero-order valence-electron chi connectivity index (χ0n) is 7.63. The molecule has 3 N–H and O–H groups in total. The number of aliphatic hydroxyl groups is 1. The summed E-state index contributed by atoms with van der Waals surface area (Å²) >= 11 is 0. The maximum absolute atomic E-state index is 9.88. The minimum Gasteiger partial charge on any atom is -0.387 e. The fourth-order valence-corrected chi connectivity index (χ4v) is 1.03. The SMILES string of the molecule is COCC(O)(CCN)C(C)C. The summed E-state index contributed by atoms with van der Waals surface area (Å²) in [6.07, 6.45) is 0.596. The van der Waals surface area contributed by atoms with E-state index in [0.29, 0.717) is 19.6 Å². The second kappa shape index (κ2) is 4.70. The van der Waals surface area contributed by atoms with Gasteiger partial charge in [-0.3, -0.25) is 0 Å². The lowest BCUT2D eigenvalue weighted by atomic mass is 9.88. The summed E-state index contributed by atoms with van der Waals surface area (Å²) in [5, 5.41) is 9.88. The normalized spacial score (nSPS) is 16.9. The van der Waals surface area contributed by atoms with Gasteiger partial charge in [0.05, 0.1) is 12.2 Å². The van der Waals surface area contributed by atoms with Crippen LogP contribution >= 0.6 is 0 Å². The molecule has 1 unspecified atom stereocenters. The maximum atomic E-state index is 9.88. The van der Waals surface area contributed by atoms with E-state index in [2.05, 4.69) is 0 Å². The van der Waals surface area contributed by atoms with E-state index in [4.69, 9.17) is 10.5 Å². The van der Waals surface area contributed by atoms with Crippen molar-refractivity contribution < 1.29 is 9.84 Å². The Kier molecular flexibility index (Phi) is 4.65. The molecule has 0 bridgehead atoms. The van der Waals surface area contributed by atoms with Crippen molar-refractivity contribution in [1.82, 2.24) is 0 Å². The smallest absolute Gasteiger partial charge is 0.0914 e. The van der Waals surface area contributed by atoms with E-state index in [1.165, 1.54) is 0 Å². The highest BCUT2D eigenvalue weighted by Gasteiger charge is 2.29. The van der Waals surface area contributed by atoms with Crippen molar-refractivity contribution in [3.8, 4) is 0 Å². The van der Waals surface area contributed by atoms with E-state index in [0.717, 1.165) is 0 Å². The van der Waals surface area contributed by atoms with E-state index in [9.17, 15) is 5.11 Å². The lowest BCUT2D eigenvalue weighted by molar-refractivity contribution is -0.0681. The van der Waals surface area contributed by atoms with Gasteiger partial charge in [0.15, 0.2) is 0 Å². The van der Waals surface area contributed by atoms with E-state index in [1.54, 1.807) is 7.11 Å². The van der Waals surface area contributed by atoms with Gasteiger partial charge in [-0.05, 0) is 18.9 Å². The van der Waals surface area contributed by atoms with Crippen LogP contribution in [0.2, 0.25) is 0 Å². The Bertz CT molecular complexity index is 98.3. The van der Waals surface area contributed by atoms with Crippen LogP contribution in [0.5, 0.6) is 0 Å². The molecule has 1 atom stereocenters. The third-order valence-electron chi connectivity index (χ3n) is 2.05. The molecule has 11 heavy (non-hydrogen) atoms. The van der Waals surface area contributed by atoms with Gasteiger partial charge < -0.3 is 15.6 Å². The zero-order chi connectivity index (χ0) is 8.91. The topological polar surface area (TPSA) is 55.5 Å². The lowest BCUT2D eigenvalue weighted by Crippen LogP contribution is -2.41. The minimum absolute atomic E-state index is 0.186. The van der Waals surface area contributed by atoms with Gasteiger partial charge in [-0.2, -0.15) is 0 Å². The molecule has 0 aromatic rings.